The summed E-state index contributed by atoms with van der Waals surface area (Å²) in [5.74, 6) is 6.51. The molecule has 0 unspecified atom stereocenters. The van der Waals surface area contributed by atoms with Gasteiger partial charge in [-0.15, -0.1) is 0 Å². The lowest BCUT2D eigenvalue weighted by Crippen LogP contribution is -2.21. The Kier molecular flexibility index (Phi) is 5.51. The summed E-state index contributed by atoms with van der Waals surface area (Å²) in [5.41, 5.74) is 0. The molecule has 0 spiro atoms. The summed E-state index contributed by atoms with van der Waals surface area (Å²) < 4.78 is 0. The third-order valence-electron chi connectivity index (χ3n) is 1.66. The first-order chi connectivity index (χ1) is 5.06. The van der Waals surface area contributed by atoms with Gasteiger partial charge in [0.1, 0.15) is 0 Å². The molecule has 2 heteroatoms. The molecule has 2 nitrogen and oxygen atoms in total. The lowest BCUT2D eigenvalue weighted by Gasteiger charge is -2.18. The maximum absolute atomic E-state index is 5.17. The molecule has 0 aromatic carbocycles. The largest absolute Gasteiger partial charge is 0.301 e. The Morgan fingerprint density at radius 1 is 1.00 bits per heavy atom. The molecular weight excluding hydrogens is 138 g/mol. The number of nitrogens with two attached hydrogens (primary N) is 1. The van der Waals surface area contributed by atoms with E-state index in [0.717, 1.165) is 12.8 Å². The zero-order valence-corrected chi connectivity index (χ0v) is 8.13. The molecule has 0 aromatic rings. The minimum Gasteiger partial charge on any atom is -0.301 e. The van der Waals surface area contributed by atoms with E-state index in [0.29, 0.717) is 11.8 Å². The predicted octanol–water partition coefficient (Wildman–Crippen LogP) is 2.34. The van der Waals surface area contributed by atoms with Gasteiger partial charge in [-0.2, -0.15) is 0 Å². The Hall–Kier alpha value is -0.0800. The normalized spacial score (nSPS) is 12.0. The standard InChI is InChI=1S/C9H21NO/c1-7(2)5-9(11-10)6-8(3)4/h7-9H,5-6,10H2,1-4H3. The minimum absolute atomic E-state index is 0.245. The third-order valence-corrected chi connectivity index (χ3v) is 1.66. The van der Waals surface area contributed by atoms with E-state index in [9.17, 15) is 0 Å². The van der Waals surface area contributed by atoms with Crippen molar-refractivity contribution in [3.63, 3.8) is 0 Å². The fraction of sp³-hybridized carbons (Fsp3) is 1.00. The van der Waals surface area contributed by atoms with Gasteiger partial charge < -0.3 is 4.84 Å². The molecule has 0 saturated carbocycles. The van der Waals surface area contributed by atoms with Crippen molar-refractivity contribution >= 4 is 0 Å². The lowest BCUT2D eigenvalue weighted by molar-refractivity contribution is 0.0250. The van der Waals surface area contributed by atoms with Gasteiger partial charge in [0.2, 0.25) is 0 Å². The summed E-state index contributed by atoms with van der Waals surface area (Å²) >= 11 is 0. The van der Waals surface area contributed by atoms with Gasteiger partial charge >= 0.3 is 0 Å². The first kappa shape index (κ1) is 10.9. The second-order valence-electron chi connectivity index (χ2n) is 4.02. The quantitative estimate of drug-likeness (QED) is 0.625. The first-order valence-electron chi connectivity index (χ1n) is 4.41. The maximum Gasteiger partial charge on any atom is 0.0792 e. The van der Waals surface area contributed by atoms with Crippen molar-refractivity contribution in [1.82, 2.24) is 0 Å². The summed E-state index contributed by atoms with van der Waals surface area (Å²) in [7, 11) is 0. The molecule has 0 aliphatic rings. The van der Waals surface area contributed by atoms with E-state index >= 15 is 0 Å². The van der Waals surface area contributed by atoms with E-state index in [-0.39, 0.29) is 6.10 Å². The molecule has 0 aliphatic heterocycles. The van der Waals surface area contributed by atoms with Crippen LogP contribution < -0.4 is 5.90 Å². The molecule has 0 atom stereocenters. The fourth-order valence-electron chi connectivity index (χ4n) is 1.26. The number of hydrogen-bond donors (Lipinski definition) is 1. The highest BCUT2D eigenvalue weighted by atomic mass is 16.6. The Labute approximate surface area is 70.1 Å². The van der Waals surface area contributed by atoms with Crippen LogP contribution in [0, 0.1) is 11.8 Å². The Bertz CT molecular complexity index is 81.6. The molecular formula is C9H21NO. The van der Waals surface area contributed by atoms with Crippen molar-refractivity contribution in [2.75, 3.05) is 0 Å². The van der Waals surface area contributed by atoms with E-state index in [1.807, 2.05) is 0 Å². The summed E-state index contributed by atoms with van der Waals surface area (Å²) in [6.45, 7) is 8.75. The van der Waals surface area contributed by atoms with Crippen LogP contribution in [0.25, 0.3) is 0 Å². The minimum atomic E-state index is 0.245. The van der Waals surface area contributed by atoms with Crippen LogP contribution in [0.2, 0.25) is 0 Å². The van der Waals surface area contributed by atoms with Crippen LogP contribution in [0.15, 0.2) is 0 Å². The van der Waals surface area contributed by atoms with Gasteiger partial charge in [0, 0.05) is 0 Å². The highest BCUT2D eigenvalue weighted by Crippen LogP contribution is 2.14. The summed E-state index contributed by atoms with van der Waals surface area (Å²) in [6, 6.07) is 0. The zero-order chi connectivity index (χ0) is 8.85. The molecule has 11 heavy (non-hydrogen) atoms. The predicted molar refractivity (Wildman–Crippen MR) is 48.0 cm³/mol. The second kappa shape index (κ2) is 5.56. The van der Waals surface area contributed by atoms with Crippen LogP contribution in [0.4, 0.5) is 0 Å². The van der Waals surface area contributed by atoms with Gasteiger partial charge in [0.15, 0.2) is 0 Å². The third kappa shape index (κ3) is 6.32. The van der Waals surface area contributed by atoms with Crippen LogP contribution in [0.1, 0.15) is 40.5 Å². The van der Waals surface area contributed by atoms with E-state index < -0.39 is 0 Å². The summed E-state index contributed by atoms with van der Waals surface area (Å²) in [5, 5.41) is 0. The van der Waals surface area contributed by atoms with Crippen molar-refractivity contribution in [2.45, 2.75) is 46.6 Å². The van der Waals surface area contributed by atoms with Crippen LogP contribution in [-0.2, 0) is 4.84 Å². The van der Waals surface area contributed by atoms with Crippen molar-refractivity contribution in [2.24, 2.45) is 17.7 Å². The van der Waals surface area contributed by atoms with Crippen molar-refractivity contribution in [3.8, 4) is 0 Å². The Morgan fingerprint density at radius 3 is 1.55 bits per heavy atom. The SMILES string of the molecule is CC(C)CC(CC(C)C)ON. The second-order valence-corrected chi connectivity index (χ2v) is 4.02. The van der Waals surface area contributed by atoms with Gasteiger partial charge in [-0.3, -0.25) is 0 Å². The van der Waals surface area contributed by atoms with E-state index in [4.69, 9.17) is 10.7 Å². The van der Waals surface area contributed by atoms with Crippen LogP contribution in [-0.4, -0.2) is 6.10 Å². The molecule has 0 radical (unpaired) electrons. The maximum atomic E-state index is 5.17. The zero-order valence-electron chi connectivity index (χ0n) is 8.13. The topological polar surface area (TPSA) is 35.2 Å². The van der Waals surface area contributed by atoms with Crippen LogP contribution in [0.3, 0.4) is 0 Å². The van der Waals surface area contributed by atoms with Gasteiger partial charge in [-0.1, -0.05) is 27.7 Å². The summed E-state index contributed by atoms with van der Waals surface area (Å²) in [6.07, 6.45) is 2.37. The van der Waals surface area contributed by atoms with E-state index in [1.54, 1.807) is 0 Å². The Morgan fingerprint density at radius 2 is 1.36 bits per heavy atom. The number of hydrogen-bond acceptors (Lipinski definition) is 2. The monoisotopic (exact) mass is 159 g/mol. The van der Waals surface area contributed by atoms with Gasteiger partial charge in [-0.25, -0.2) is 5.90 Å². The molecule has 0 bridgehead atoms. The van der Waals surface area contributed by atoms with E-state index in [2.05, 4.69) is 27.7 Å². The van der Waals surface area contributed by atoms with E-state index in [1.165, 1.54) is 0 Å². The summed E-state index contributed by atoms with van der Waals surface area (Å²) in [4.78, 5) is 4.87. The average molecular weight is 159 g/mol. The van der Waals surface area contributed by atoms with Crippen molar-refractivity contribution < 1.29 is 4.84 Å². The van der Waals surface area contributed by atoms with Gasteiger partial charge in [0.05, 0.1) is 6.10 Å². The molecule has 0 heterocycles. The Balaban J connectivity index is 3.58. The van der Waals surface area contributed by atoms with Gasteiger partial charge in [-0.05, 0) is 24.7 Å². The molecule has 0 rings (SSSR count). The molecule has 0 aliphatic carbocycles. The van der Waals surface area contributed by atoms with Crippen molar-refractivity contribution in [3.05, 3.63) is 0 Å². The highest BCUT2D eigenvalue weighted by molar-refractivity contribution is 4.61. The lowest BCUT2D eigenvalue weighted by atomic mass is 9.98. The van der Waals surface area contributed by atoms with Gasteiger partial charge in [0.25, 0.3) is 0 Å². The molecule has 0 fully saturated rings. The first-order valence-corrected chi connectivity index (χ1v) is 4.41. The molecule has 2 N–H and O–H groups in total. The smallest absolute Gasteiger partial charge is 0.0792 e. The van der Waals surface area contributed by atoms with Crippen molar-refractivity contribution in [1.29, 1.82) is 0 Å². The highest BCUT2D eigenvalue weighted by Gasteiger charge is 2.11. The average Bonchev–Trinajstić information content (AvgIpc) is 1.84. The fourth-order valence-corrected chi connectivity index (χ4v) is 1.26. The molecule has 0 aromatic heterocycles. The van der Waals surface area contributed by atoms with Crippen LogP contribution in [0.5, 0.6) is 0 Å². The molecule has 68 valence electrons. The molecule has 0 amide bonds. The number of rotatable bonds is 5. The van der Waals surface area contributed by atoms with Crippen LogP contribution >= 0.6 is 0 Å². The molecule has 0 saturated heterocycles.